The molecule has 7 heterocycles. The van der Waals surface area contributed by atoms with Crippen LogP contribution in [0.3, 0.4) is 0 Å². The summed E-state index contributed by atoms with van der Waals surface area (Å²) in [5.74, 6) is 0.839. The third-order valence-electron chi connectivity index (χ3n) is 9.77. The summed E-state index contributed by atoms with van der Waals surface area (Å²) in [6, 6.07) is 45.9. The van der Waals surface area contributed by atoms with Crippen molar-refractivity contribution in [1.29, 1.82) is 0 Å². The highest BCUT2D eigenvalue weighted by molar-refractivity contribution is 6.22. The quantitative estimate of drug-likeness (QED) is 0.174. The van der Waals surface area contributed by atoms with Crippen LogP contribution in [0.5, 0.6) is 0 Å². The van der Waals surface area contributed by atoms with Gasteiger partial charge in [-0.1, -0.05) is 60.7 Å². The molecule has 0 amide bonds. The Morgan fingerprint density at radius 1 is 0.358 bits per heavy atom. The normalized spacial score (nSPS) is 11.4. The lowest BCUT2D eigenvalue weighted by Gasteiger charge is -2.13. The second kappa shape index (κ2) is 12.7. The molecular formula is C46H29N7. The second-order valence-corrected chi connectivity index (χ2v) is 12.9. The summed E-state index contributed by atoms with van der Waals surface area (Å²) in [7, 11) is 0. The molecule has 0 unspecified atom stereocenters. The van der Waals surface area contributed by atoms with Crippen LogP contribution in [0, 0.1) is 0 Å². The van der Waals surface area contributed by atoms with E-state index in [0.717, 1.165) is 94.6 Å². The SMILES string of the molecule is c1ccc(-c2ccc(-c3ccc4c(c3)c3cc(-c5ccc(-c6ccccn6)nc5)c5ccccc5c3n4-c3ccc(-c4cccnc4)cn3)cn2)nc1. The van der Waals surface area contributed by atoms with Gasteiger partial charge in [-0.3, -0.25) is 29.5 Å². The summed E-state index contributed by atoms with van der Waals surface area (Å²) >= 11 is 0. The monoisotopic (exact) mass is 679 g/mol. The van der Waals surface area contributed by atoms with Crippen LogP contribution < -0.4 is 0 Å². The summed E-state index contributed by atoms with van der Waals surface area (Å²) in [6.45, 7) is 0. The van der Waals surface area contributed by atoms with Gasteiger partial charge in [0.2, 0.25) is 0 Å². The molecule has 0 spiro atoms. The zero-order chi connectivity index (χ0) is 35.1. The number of hydrogen-bond donors (Lipinski definition) is 0. The van der Waals surface area contributed by atoms with Crippen LogP contribution >= 0.6 is 0 Å². The number of benzene rings is 3. The Morgan fingerprint density at radius 3 is 1.62 bits per heavy atom. The van der Waals surface area contributed by atoms with Crippen molar-refractivity contribution in [3.8, 4) is 62.0 Å². The molecule has 0 saturated heterocycles. The number of pyridine rings is 6. The number of fused-ring (bicyclic) bond motifs is 5. The molecule has 0 aliphatic rings. The first-order valence-corrected chi connectivity index (χ1v) is 17.4. The molecule has 7 nitrogen and oxygen atoms in total. The van der Waals surface area contributed by atoms with Crippen LogP contribution in [0.25, 0.3) is 94.6 Å². The average Bonchev–Trinajstić information content (AvgIpc) is 3.58. The second-order valence-electron chi connectivity index (χ2n) is 12.9. The molecule has 7 heteroatoms. The highest BCUT2D eigenvalue weighted by Crippen LogP contribution is 2.42. The van der Waals surface area contributed by atoms with E-state index in [1.54, 1.807) is 18.6 Å². The van der Waals surface area contributed by atoms with Crippen molar-refractivity contribution in [3.63, 3.8) is 0 Å². The highest BCUT2D eigenvalue weighted by Gasteiger charge is 2.20. The Kier molecular flexibility index (Phi) is 7.32. The molecule has 53 heavy (non-hydrogen) atoms. The van der Waals surface area contributed by atoms with Crippen molar-refractivity contribution in [2.75, 3.05) is 0 Å². The number of hydrogen-bond acceptors (Lipinski definition) is 6. The predicted molar refractivity (Wildman–Crippen MR) is 212 cm³/mol. The van der Waals surface area contributed by atoms with Crippen molar-refractivity contribution in [3.05, 3.63) is 177 Å². The van der Waals surface area contributed by atoms with E-state index in [4.69, 9.17) is 15.0 Å². The number of rotatable bonds is 6. The van der Waals surface area contributed by atoms with E-state index in [2.05, 4.69) is 98.4 Å². The van der Waals surface area contributed by atoms with Gasteiger partial charge >= 0.3 is 0 Å². The largest absolute Gasteiger partial charge is 0.293 e. The molecule has 0 aliphatic carbocycles. The molecule has 10 aromatic rings. The Labute approximate surface area is 305 Å². The smallest absolute Gasteiger partial charge is 0.137 e. The molecule has 0 radical (unpaired) electrons. The van der Waals surface area contributed by atoms with Gasteiger partial charge in [0.1, 0.15) is 5.82 Å². The van der Waals surface area contributed by atoms with Crippen molar-refractivity contribution < 1.29 is 0 Å². The van der Waals surface area contributed by atoms with Gasteiger partial charge < -0.3 is 0 Å². The van der Waals surface area contributed by atoms with Crippen LogP contribution in [0.1, 0.15) is 0 Å². The molecule has 0 fully saturated rings. The van der Waals surface area contributed by atoms with E-state index in [9.17, 15) is 0 Å². The lowest BCUT2D eigenvalue weighted by atomic mass is 9.95. The van der Waals surface area contributed by atoms with Crippen LogP contribution in [0.4, 0.5) is 0 Å². The van der Waals surface area contributed by atoms with Crippen LogP contribution in [-0.4, -0.2) is 34.5 Å². The molecule has 0 atom stereocenters. The average molecular weight is 680 g/mol. The number of aromatic nitrogens is 7. The van der Waals surface area contributed by atoms with E-state index in [1.807, 2.05) is 79.4 Å². The van der Waals surface area contributed by atoms with E-state index in [1.165, 1.54) is 0 Å². The Balaban J connectivity index is 1.18. The maximum Gasteiger partial charge on any atom is 0.137 e. The van der Waals surface area contributed by atoms with E-state index in [0.29, 0.717) is 0 Å². The summed E-state index contributed by atoms with van der Waals surface area (Å²) in [4.78, 5) is 28.0. The molecule has 0 saturated carbocycles. The lowest BCUT2D eigenvalue weighted by molar-refractivity contribution is 1.08. The molecular weight excluding hydrogens is 651 g/mol. The summed E-state index contributed by atoms with van der Waals surface area (Å²) < 4.78 is 2.29. The van der Waals surface area contributed by atoms with Crippen LogP contribution in [0.15, 0.2) is 177 Å². The predicted octanol–water partition coefficient (Wildman–Crippen LogP) is 10.6. The first kappa shape index (κ1) is 30.4. The van der Waals surface area contributed by atoms with E-state index >= 15 is 0 Å². The maximum absolute atomic E-state index is 5.05. The van der Waals surface area contributed by atoms with Crippen molar-refractivity contribution in [2.45, 2.75) is 0 Å². The van der Waals surface area contributed by atoms with E-state index < -0.39 is 0 Å². The zero-order valence-corrected chi connectivity index (χ0v) is 28.4. The standard InChI is InChI=1S/C46H29N7/c1-2-10-36-35(9-1)37(34-14-18-43(51-29-34)41-12-4-6-23-49-41)25-39-38-24-30(32-13-17-42(50-27-32)40-11-3-5-22-48-40)15-19-44(38)53(46(36)39)45-20-16-33(28-52-45)31-8-7-21-47-26-31/h1-29H. The fourth-order valence-corrected chi connectivity index (χ4v) is 7.20. The Hall–Kier alpha value is -7.38. The highest BCUT2D eigenvalue weighted by atomic mass is 15.1. The van der Waals surface area contributed by atoms with Gasteiger partial charge in [-0.2, -0.15) is 0 Å². The van der Waals surface area contributed by atoms with Crippen molar-refractivity contribution in [2.24, 2.45) is 0 Å². The van der Waals surface area contributed by atoms with Gasteiger partial charge in [-0.05, 0) is 89.3 Å². The van der Waals surface area contributed by atoms with Gasteiger partial charge in [-0.25, -0.2) is 4.98 Å². The van der Waals surface area contributed by atoms with Crippen molar-refractivity contribution in [1.82, 2.24) is 34.5 Å². The minimum atomic E-state index is 0.837. The third kappa shape index (κ3) is 5.39. The molecule has 0 bridgehead atoms. The van der Waals surface area contributed by atoms with E-state index in [-0.39, 0.29) is 0 Å². The first-order valence-electron chi connectivity index (χ1n) is 17.4. The fraction of sp³-hybridized carbons (Fsp3) is 0. The van der Waals surface area contributed by atoms with Gasteiger partial charge in [0.25, 0.3) is 0 Å². The summed E-state index contributed by atoms with van der Waals surface area (Å²) in [5, 5.41) is 4.51. The zero-order valence-electron chi connectivity index (χ0n) is 28.4. The van der Waals surface area contributed by atoms with Crippen LogP contribution in [-0.2, 0) is 0 Å². The van der Waals surface area contributed by atoms with Gasteiger partial charge in [-0.15, -0.1) is 0 Å². The number of nitrogens with zero attached hydrogens (tertiary/aromatic N) is 7. The van der Waals surface area contributed by atoms with Gasteiger partial charge in [0, 0.05) is 81.8 Å². The molecule has 248 valence electrons. The summed E-state index contributed by atoms with van der Waals surface area (Å²) in [6.07, 6.45) is 13.0. The topological polar surface area (TPSA) is 82.3 Å². The third-order valence-corrected chi connectivity index (χ3v) is 9.77. The van der Waals surface area contributed by atoms with Crippen molar-refractivity contribution >= 4 is 32.6 Å². The van der Waals surface area contributed by atoms with Gasteiger partial charge in [0.15, 0.2) is 0 Å². The minimum absolute atomic E-state index is 0.837. The Morgan fingerprint density at radius 2 is 0.981 bits per heavy atom. The van der Waals surface area contributed by atoms with Gasteiger partial charge in [0.05, 0.1) is 33.8 Å². The minimum Gasteiger partial charge on any atom is -0.293 e. The van der Waals surface area contributed by atoms with Crippen LogP contribution in [0.2, 0.25) is 0 Å². The molecule has 0 N–H and O–H groups in total. The molecule has 7 aromatic heterocycles. The molecule has 3 aromatic carbocycles. The molecule has 0 aliphatic heterocycles. The maximum atomic E-state index is 5.05. The summed E-state index contributed by atoms with van der Waals surface area (Å²) in [5.41, 5.74) is 11.8. The lowest BCUT2D eigenvalue weighted by Crippen LogP contribution is -1.98. The fourth-order valence-electron chi connectivity index (χ4n) is 7.20. The first-order chi connectivity index (χ1) is 26.3. The molecule has 10 rings (SSSR count). The Bertz CT molecular complexity index is 2890.